The molecule has 2 fully saturated rings. The summed E-state index contributed by atoms with van der Waals surface area (Å²) in [6.45, 7) is 8.47. The molecule has 0 unspecified atom stereocenters. The first-order valence-corrected chi connectivity index (χ1v) is 9.24. The number of ether oxygens (including phenoxy) is 1. The maximum atomic E-state index is 12.5. The lowest BCUT2D eigenvalue weighted by atomic mass is 10.00. The summed E-state index contributed by atoms with van der Waals surface area (Å²) in [5.41, 5.74) is 2.53. The third-order valence-corrected chi connectivity index (χ3v) is 5.21. The van der Waals surface area contributed by atoms with Gasteiger partial charge in [0.1, 0.15) is 6.04 Å². The lowest BCUT2D eigenvalue weighted by Gasteiger charge is -2.29. The minimum absolute atomic E-state index is 0.00737. The Hall–Kier alpha value is -1.88. The second-order valence-corrected chi connectivity index (χ2v) is 7.44. The minimum Gasteiger partial charge on any atom is -0.378 e. The number of carbonyl (C=O) groups is 2. The number of morpholine rings is 1. The summed E-state index contributed by atoms with van der Waals surface area (Å²) in [6, 6.07) is 8.09. The second-order valence-electron chi connectivity index (χ2n) is 7.44. The van der Waals surface area contributed by atoms with E-state index in [4.69, 9.17) is 4.74 Å². The van der Waals surface area contributed by atoms with Gasteiger partial charge < -0.3 is 15.0 Å². The minimum atomic E-state index is -0.477. The van der Waals surface area contributed by atoms with Crippen molar-refractivity contribution < 1.29 is 14.3 Å². The van der Waals surface area contributed by atoms with Crippen LogP contribution in [0, 0.1) is 5.92 Å². The Kier molecular flexibility index (Phi) is 5.42. The average Bonchev–Trinajstić information content (AvgIpc) is 3.42. The Morgan fingerprint density at radius 1 is 1.12 bits per heavy atom. The zero-order valence-electron chi connectivity index (χ0n) is 15.3. The van der Waals surface area contributed by atoms with Crippen LogP contribution in [0.1, 0.15) is 50.2 Å². The van der Waals surface area contributed by atoms with Crippen LogP contribution in [0.4, 0.5) is 0 Å². The Morgan fingerprint density at radius 3 is 2.36 bits per heavy atom. The van der Waals surface area contributed by atoms with Crippen molar-refractivity contribution in [1.29, 1.82) is 0 Å². The smallest absolute Gasteiger partial charge is 0.245 e. The molecule has 1 N–H and O–H groups in total. The topological polar surface area (TPSA) is 58.6 Å². The van der Waals surface area contributed by atoms with Crippen LogP contribution < -0.4 is 5.32 Å². The van der Waals surface area contributed by atoms with Gasteiger partial charge in [0.15, 0.2) is 0 Å². The van der Waals surface area contributed by atoms with Gasteiger partial charge in [-0.25, -0.2) is 0 Å². The van der Waals surface area contributed by atoms with E-state index in [-0.39, 0.29) is 23.7 Å². The first kappa shape index (κ1) is 17.9. The molecule has 0 spiro atoms. The summed E-state index contributed by atoms with van der Waals surface area (Å²) in [4.78, 5) is 26.6. The van der Waals surface area contributed by atoms with E-state index in [9.17, 15) is 9.59 Å². The van der Waals surface area contributed by atoms with E-state index in [0.29, 0.717) is 32.2 Å². The van der Waals surface area contributed by atoms with E-state index in [1.54, 1.807) is 11.8 Å². The fourth-order valence-electron chi connectivity index (χ4n) is 3.42. The van der Waals surface area contributed by atoms with Crippen LogP contribution in [-0.2, 0) is 14.3 Å². The molecule has 1 aromatic carbocycles. The van der Waals surface area contributed by atoms with Gasteiger partial charge in [-0.1, -0.05) is 38.1 Å². The average molecular weight is 344 g/mol. The fraction of sp³-hybridized carbons (Fsp3) is 0.600. The van der Waals surface area contributed by atoms with E-state index >= 15 is 0 Å². The summed E-state index contributed by atoms with van der Waals surface area (Å²) < 4.78 is 5.26. The molecule has 1 aromatic rings. The van der Waals surface area contributed by atoms with Crippen LogP contribution in [0.3, 0.4) is 0 Å². The lowest BCUT2D eigenvalue weighted by Crippen LogP contribution is -2.50. The van der Waals surface area contributed by atoms with Crippen molar-refractivity contribution in [2.75, 3.05) is 26.3 Å². The number of amides is 2. The third kappa shape index (κ3) is 4.21. The van der Waals surface area contributed by atoms with Gasteiger partial charge >= 0.3 is 0 Å². The van der Waals surface area contributed by atoms with Gasteiger partial charge in [-0.05, 0) is 36.3 Å². The van der Waals surface area contributed by atoms with Crippen molar-refractivity contribution in [2.24, 2.45) is 5.92 Å². The molecule has 0 aromatic heterocycles. The van der Waals surface area contributed by atoms with Crippen molar-refractivity contribution >= 4 is 11.8 Å². The number of hydrogen-bond donors (Lipinski definition) is 1. The highest BCUT2D eigenvalue weighted by Gasteiger charge is 2.44. The van der Waals surface area contributed by atoms with Crippen molar-refractivity contribution in [3.05, 3.63) is 35.4 Å². The first-order chi connectivity index (χ1) is 12.0. The van der Waals surface area contributed by atoms with Crippen molar-refractivity contribution in [3.8, 4) is 0 Å². The molecule has 0 bridgehead atoms. The number of nitrogens with one attached hydrogen (secondary N) is 1. The summed E-state index contributed by atoms with van der Waals surface area (Å²) in [5.74, 6) is 0.762. The molecule has 2 amide bonds. The number of benzene rings is 1. The SMILES string of the molecule is CC(C)c1ccc([C@H]2C[C@H]2C(=O)N[C@@H](C)C(=O)N2CCOCC2)cc1. The number of rotatable bonds is 5. The quantitative estimate of drug-likeness (QED) is 0.891. The third-order valence-electron chi connectivity index (χ3n) is 5.21. The zero-order valence-corrected chi connectivity index (χ0v) is 15.3. The van der Waals surface area contributed by atoms with Crippen molar-refractivity contribution in [2.45, 2.75) is 45.1 Å². The van der Waals surface area contributed by atoms with E-state index in [1.165, 1.54) is 11.1 Å². The van der Waals surface area contributed by atoms with E-state index in [1.807, 2.05) is 0 Å². The molecule has 1 saturated carbocycles. The molecule has 1 saturated heterocycles. The highest BCUT2D eigenvalue weighted by molar-refractivity contribution is 5.90. The normalized spacial score (nSPS) is 24.1. The van der Waals surface area contributed by atoms with Crippen LogP contribution in [0.5, 0.6) is 0 Å². The van der Waals surface area contributed by atoms with Gasteiger partial charge in [-0.15, -0.1) is 0 Å². The zero-order chi connectivity index (χ0) is 18.0. The number of carbonyl (C=O) groups excluding carboxylic acids is 2. The summed E-state index contributed by atoms with van der Waals surface area (Å²) in [5, 5.41) is 2.90. The standard InChI is InChI=1S/C20H28N2O3/c1-13(2)15-4-6-16(7-5-15)17-12-18(17)19(23)21-14(3)20(24)22-8-10-25-11-9-22/h4-7,13-14,17-18H,8-12H2,1-3H3,(H,21,23)/t14-,17+,18+/m0/s1. The Labute approximate surface area is 149 Å². The van der Waals surface area contributed by atoms with E-state index in [2.05, 4.69) is 43.4 Å². The lowest BCUT2D eigenvalue weighted by molar-refractivity contribution is -0.139. The van der Waals surface area contributed by atoms with Crippen molar-refractivity contribution in [1.82, 2.24) is 10.2 Å². The molecule has 2 aliphatic rings. The Balaban J connectivity index is 1.51. The molecule has 3 atom stereocenters. The van der Waals surface area contributed by atoms with Crippen LogP contribution in [-0.4, -0.2) is 49.1 Å². The molecule has 5 nitrogen and oxygen atoms in total. The molecule has 5 heteroatoms. The Bertz CT molecular complexity index is 620. The van der Waals surface area contributed by atoms with Crippen LogP contribution in [0.2, 0.25) is 0 Å². The van der Waals surface area contributed by atoms with Crippen molar-refractivity contribution in [3.63, 3.8) is 0 Å². The molecule has 1 heterocycles. The number of hydrogen-bond acceptors (Lipinski definition) is 3. The van der Waals surface area contributed by atoms with Crippen LogP contribution >= 0.6 is 0 Å². The Morgan fingerprint density at radius 2 is 1.76 bits per heavy atom. The molecular formula is C20H28N2O3. The maximum absolute atomic E-state index is 12.5. The fourth-order valence-corrected chi connectivity index (χ4v) is 3.42. The van der Waals surface area contributed by atoms with Gasteiger partial charge in [0.2, 0.25) is 11.8 Å². The second kappa shape index (κ2) is 7.56. The van der Waals surface area contributed by atoms with E-state index in [0.717, 1.165) is 6.42 Å². The summed E-state index contributed by atoms with van der Waals surface area (Å²) in [7, 11) is 0. The molecule has 1 aliphatic carbocycles. The first-order valence-electron chi connectivity index (χ1n) is 9.24. The van der Waals surface area contributed by atoms with Crippen LogP contribution in [0.25, 0.3) is 0 Å². The molecule has 1 aliphatic heterocycles. The molecule has 0 radical (unpaired) electrons. The maximum Gasteiger partial charge on any atom is 0.245 e. The summed E-state index contributed by atoms with van der Waals surface area (Å²) in [6.07, 6.45) is 0.866. The molecule has 25 heavy (non-hydrogen) atoms. The van der Waals surface area contributed by atoms with Gasteiger partial charge in [0, 0.05) is 19.0 Å². The molecule has 136 valence electrons. The monoisotopic (exact) mass is 344 g/mol. The van der Waals surface area contributed by atoms with Gasteiger partial charge in [-0.3, -0.25) is 9.59 Å². The molecular weight excluding hydrogens is 316 g/mol. The molecule has 3 rings (SSSR count). The predicted molar refractivity (Wildman–Crippen MR) is 96.4 cm³/mol. The van der Waals surface area contributed by atoms with Gasteiger partial charge in [0.25, 0.3) is 0 Å². The predicted octanol–water partition coefficient (Wildman–Crippen LogP) is 2.28. The summed E-state index contributed by atoms with van der Waals surface area (Å²) >= 11 is 0. The highest BCUT2D eigenvalue weighted by Crippen LogP contribution is 2.47. The van der Waals surface area contributed by atoms with Gasteiger partial charge in [-0.2, -0.15) is 0 Å². The van der Waals surface area contributed by atoms with Gasteiger partial charge in [0.05, 0.1) is 13.2 Å². The van der Waals surface area contributed by atoms with Crippen LogP contribution in [0.15, 0.2) is 24.3 Å². The largest absolute Gasteiger partial charge is 0.378 e. The highest BCUT2D eigenvalue weighted by atomic mass is 16.5. The number of nitrogens with zero attached hydrogens (tertiary/aromatic N) is 1. The van der Waals surface area contributed by atoms with E-state index < -0.39 is 6.04 Å².